The van der Waals surface area contributed by atoms with Crippen molar-refractivity contribution in [1.29, 1.82) is 0 Å². The Bertz CT molecular complexity index is 937. The van der Waals surface area contributed by atoms with Crippen LogP contribution in [-0.4, -0.2) is 65.8 Å². The highest BCUT2D eigenvalue weighted by atomic mass is 16.3. The zero-order valence-corrected chi connectivity index (χ0v) is 18.6. The van der Waals surface area contributed by atoms with Gasteiger partial charge in [0.25, 0.3) is 0 Å². The lowest BCUT2D eigenvalue weighted by Crippen LogP contribution is -2.48. The van der Waals surface area contributed by atoms with Crippen LogP contribution in [0.25, 0.3) is 0 Å². The molecule has 2 heterocycles. The summed E-state index contributed by atoms with van der Waals surface area (Å²) in [6.07, 6.45) is 1.57. The van der Waals surface area contributed by atoms with Gasteiger partial charge in [-0.25, -0.2) is 9.97 Å². The predicted molar refractivity (Wildman–Crippen MR) is 130 cm³/mol. The second-order valence-corrected chi connectivity index (χ2v) is 7.98. The number of hydrogen-bond acceptors (Lipinski definition) is 7. The van der Waals surface area contributed by atoms with E-state index in [-0.39, 0.29) is 12.6 Å². The van der Waals surface area contributed by atoms with Gasteiger partial charge in [0.1, 0.15) is 12.0 Å². The third kappa shape index (κ3) is 4.69. The highest BCUT2D eigenvalue weighted by Crippen LogP contribution is 2.33. The normalized spacial score (nSPS) is 14.7. The van der Waals surface area contributed by atoms with Crippen LogP contribution >= 0.6 is 0 Å². The largest absolute Gasteiger partial charge is 0.395 e. The molecule has 32 heavy (non-hydrogen) atoms. The third-order valence-corrected chi connectivity index (χ3v) is 6.10. The summed E-state index contributed by atoms with van der Waals surface area (Å²) < 4.78 is 0. The second-order valence-electron chi connectivity index (χ2n) is 7.98. The number of nitrogens with zero attached hydrogens (tertiary/aromatic N) is 5. The fraction of sp³-hybridized carbons (Fsp3) is 0.360. The molecular formula is C25H32N6O. The van der Waals surface area contributed by atoms with Crippen molar-refractivity contribution in [1.82, 2.24) is 14.9 Å². The Labute approximate surface area is 190 Å². The van der Waals surface area contributed by atoms with Gasteiger partial charge in [0.05, 0.1) is 12.6 Å². The van der Waals surface area contributed by atoms with Crippen molar-refractivity contribution >= 4 is 17.3 Å². The van der Waals surface area contributed by atoms with Gasteiger partial charge >= 0.3 is 0 Å². The van der Waals surface area contributed by atoms with Gasteiger partial charge in [-0.1, -0.05) is 60.7 Å². The lowest BCUT2D eigenvalue weighted by Gasteiger charge is -2.40. The molecule has 0 saturated carbocycles. The number of nitrogens with two attached hydrogens (primary N) is 1. The molecule has 1 aliphatic heterocycles. The molecule has 168 valence electrons. The SMILES string of the molecule is CCN(CCO)c1ncnc(N2CCN(C(c3ccccc3)c3ccccc3)CC2)c1N. The summed E-state index contributed by atoms with van der Waals surface area (Å²) in [6, 6.07) is 21.6. The van der Waals surface area contributed by atoms with E-state index < -0.39 is 0 Å². The molecule has 1 saturated heterocycles. The number of aliphatic hydroxyl groups is 1. The Kier molecular flexibility index (Phi) is 7.19. The van der Waals surface area contributed by atoms with Crippen molar-refractivity contribution in [2.75, 3.05) is 61.4 Å². The van der Waals surface area contributed by atoms with Crippen molar-refractivity contribution in [3.05, 3.63) is 78.1 Å². The molecule has 0 atom stereocenters. The second kappa shape index (κ2) is 10.4. The number of benzene rings is 2. The molecule has 7 heteroatoms. The number of aliphatic hydroxyl groups excluding tert-OH is 1. The highest BCUT2D eigenvalue weighted by molar-refractivity contribution is 5.75. The van der Waals surface area contributed by atoms with Crippen LogP contribution in [0.4, 0.5) is 17.3 Å². The maximum absolute atomic E-state index is 9.37. The number of hydrogen-bond donors (Lipinski definition) is 2. The topological polar surface area (TPSA) is 81.8 Å². The minimum absolute atomic E-state index is 0.0612. The maximum Gasteiger partial charge on any atom is 0.157 e. The summed E-state index contributed by atoms with van der Waals surface area (Å²) in [4.78, 5) is 15.7. The highest BCUT2D eigenvalue weighted by Gasteiger charge is 2.28. The molecule has 2 aromatic carbocycles. The van der Waals surface area contributed by atoms with E-state index in [1.165, 1.54) is 11.1 Å². The van der Waals surface area contributed by atoms with Crippen molar-refractivity contribution < 1.29 is 5.11 Å². The van der Waals surface area contributed by atoms with Gasteiger partial charge in [0.15, 0.2) is 11.6 Å². The minimum atomic E-state index is 0.0612. The first-order valence-electron chi connectivity index (χ1n) is 11.3. The van der Waals surface area contributed by atoms with Crippen molar-refractivity contribution in [3.63, 3.8) is 0 Å². The lowest BCUT2D eigenvalue weighted by atomic mass is 9.96. The Hall–Kier alpha value is -3.16. The van der Waals surface area contributed by atoms with Gasteiger partial charge in [-0.3, -0.25) is 4.90 Å². The molecule has 0 unspecified atom stereocenters. The van der Waals surface area contributed by atoms with E-state index in [0.29, 0.717) is 18.1 Å². The van der Waals surface area contributed by atoms with Crippen LogP contribution in [0.15, 0.2) is 67.0 Å². The monoisotopic (exact) mass is 432 g/mol. The molecule has 3 aromatic rings. The number of rotatable bonds is 8. The van der Waals surface area contributed by atoms with E-state index >= 15 is 0 Å². The smallest absolute Gasteiger partial charge is 0.157 e. The molecule has 0 amide bonds. The van der Waals surface area contributed by atoms with Crippen LogP contribution in [0.2, 0.25) is 0 Å². The standard InChI is InChI=1S/C25H32N6O/c1-2-29(17-18-32)24-22(26)25(28-19-27-24)31-15-13-30(14-16-31)23(20-9-5-3-6-10-20)21-11-7-4-8-12-21/h3-12,19,23,32H,2,13-18,26H2,1H3. The fourth-order valence-electron chi connectivity index (χ4n) is 4.49. The van der Waals surface area contributed by atoms with E-state index in [2.05, 4.69) is 80.4 Å². The average Bonchev–Trinajstić information content (AvgIpc) is 2.85. The van der Waals surface area contributed by atoms with E-state index in [9.17, 15) is 5.11 Å². The molecule has 1 aliphatic rings. The molecule has 0 spiro atoms. The predicted octanol–water partition coefficient (Wildman–Crippen LogP) is 2.79. The lowest BCUT2D eigenvalue weighted by molar-refractivity contribution is 0.212. The number of aromatic nitrogens is 2. The van der Waals surface area contributed by atoms with E-state index in [1.807, 2.05) is 11.8 Å². The van der Waals surface area contributed by atoms with Gasteiger partial charge in [-0.05, 0) is 18.1 Å². The van der Waals surface area contributed by atoms with Crippen LogP contribution in [-0.2, 0) is 0 Å². The number of piperazine rings is 1. The molecule has 0 radical (unpaired) electrons. The van der Waals surface area contributed by atoms with Crippen LogP contribution < -0.4 is 15.5 Å². The Balaban J connectivity index is 1.53. The number of likely N-dealkylation sites (N-methyl/N-ethyl adjacent to an activating group) is 1. The van der Waals surface area contributed by atoms with Crippen molar-refractivity contribution in [3.8, 4) is 0 Å². The van der Waals surface area contributed by atoms with Gasteiger partial charge < -0.3 is 20.6 Å². The van der Waals surface area contributed by atoms with Gasteiger partial charge in [0.2, 0.25) is 0 Å². The minimum Gasteiger partial charge on any atom is -0.395 e. The van der Waals surface area contributed by atoms with E-state index in [0.717, 1.165) is 38.5 Å². The summed E-state index contributed by atoms with van der Waals surface area (Å²) in [6.45, 7) is 6.80. The summed E-state index contributed by atoms with van der Waals surface area (Å²) in [5.41, 5.74) is 9.68. The molecule has 1 fully saturated rings. The Morgan fingerprint density at radius 1 is 0.938 bits per heavy atom. The van der Waals surface area contributed by atoms with Crippen LogP contribution in [0, 0.1) is 0 Å². The molecule has 0 aliphatic carbocycles. The number of anilines is 3. The quantitative estimate of drug-likeness (QED) is 0.566. The average molecular weight is 433 g/mol. The molecule has 4 rings (SSSR count). The van der Waals surface area contributed by atoms with Crippen molar-refractivity contribution in [2.24, 2.45) is 0 Å². The first-order valence-corrected chi connectivity index (χ1v) is 11.3. The van der Waals surface area contributed by atoms with E-state index in [4.69, 9.17) is 5.73 Å². The summed E-state index contributed by atoms with van der Waals surface area (Å²) in [7, 11) is 0. The molecule has 3 N–H and O–H groups in total. The zero-order chi connectivity index (χ0) is 22.3. The number of nitrogen functional groups attached to an aromatic ring is 1. The van der Waals surface area contributed by atoms with Crippen LogP contribution in [0.1, 0.15) is 24.1 Å². The van der Waals surface area contributed by atoms with Crippen molar-refractivity contribution in [2.45, 2.75) is 13.0 Å². The van der Waals surface area contributed by atoms with Crippen LogP contribution in [0.5, 0.6) is 0 Å². The molecule has 1 aromatic heterocycles. The zero-order valence-electron chi connectivity index (χ0n) is 18.6. The first-order chi connectivity index (χ1) is 15.7. The molecular weight excluding hydrogens is 400 g/mol. The van der Waals surface area contributed by atoms with Crippen LogP contribution in [0.3, 0.4) is 0 Å². The summed E-state index contributed by atoms with van der Waals surface area (Å²) in [5.74, 6) is 1.47. The maximum atomic E-state index is 9.37. The Morgan fingerprint density at radius 2 is 1.53 bits per heavy atom. The third-order valence-electron chi connectivity index (χ3n) is 6.10. The molecule has 0 bridgehead atoms. The first kappa shape index (κ1) is 22.0. The van der Waals surface area contributed by atoms with Gasteiger partial charge in [-0.2, -0.15) is 0 Å². The summed E-state index contributed by atoms with van der Waals surface area (Å²) in [5, 5.41) is 9.37. The Morgan fingerprint density at radius 3 is 2.06 bits per heavy atom. The van der Waals surface area contributed by atoms with Gasteiger partial charge in [-0.15, -0.1) is 0 Å². The van der Waals surface area contributed by atoms with E-state index in [1.54, 1.807) is 6.33 Å². The summed E-state index contributed by atoms with van der Waals surface area (Å²) >= 11 is 0. The van der Waals surface area contributed by atoms with Gasteiger partial charge in [0, 0.05) is 39.3 Å². The molecule has 7 nitrogen and oxygen atoms in total. The fourth-order valence-corrected chi connectivity index (χ4v) is 4.49.